The van der Waals surface area contributed by atoms with Gasteiger partial charge in [0.15, 0.2) is 0 Å². The molecule has 2 aliphatic rings. The first-order valence-electron chi connectivity index (χ1n) is 13.3. The van der Waals surface area contributed by atoms with Crippen LogP contribution >= 0.6 is 0 Å². The second-order valence-corrected chi connectivity index (χ2v) is 9.78. The molecule has 1 fully saturated rings. The van der Waals surface area contributed by atoms with Crippen LogP contribution in [0.15, 0.2) is 79.1 Å². The number of nitrogens with zero attached hydrogens (tertiary/aromatic N) is 3. The number of fused-ring (bicyclic) bond motifs is 3. The second kappa shape index (κ2) is 12.1. The Morgan fingerprint density at radius 3 is 2.25 bits per heavy atom. The summed E-state index contributed by atoms with van der Waals surface area (Å²) in [5, 5.41) is 2.98. The Morgan fingerprint density at radius 1 is 0.861 bits per heavy atom. The quantitative estimate of drug-likeness (QED) is 0.322. The Balaban J connectivity index is 0.981. The normalized spacial score (nSPS) is 16.2. The van der Waals surface area contributed by atoms with Crippen LogP contribution in [-0.4, -0.2) is 60.0 Å². The van der Waals surface area contributed by atoms with Crippen molar-refractivity contribution in [2.45, 2.75) is 31.7 Å². The van der Waals surface area contributed by atoms with Gasteiger partial charge in [-0.2, -0.15) is 0 Å². The summed E-state index contributed by atoms with van der Waals surface area (Å²) in [6, 6.07) is 22.0. The standard InChI is InChI=1S/C31H36N4O/c36-30(16-15-25-10-9-17-32-24-25)33-18-7-1-2-8-19-34-20-22-35(23-21-34)31-28-13-5-3-11-26(28)27-12-4-6-14-29(27)31/h3-6,9-17,24,31H,1-2,7-8,18-23H2,(H,33,36)/b16-15-. The molecule has 1 N–H and O–H groups in total. The van der Waals surface area contributed by atoms with Gasteiger partial charge in [0.05, 0.1) is 6.04 Å². The average molecular weight is 481 g/mol. The van der Waals surface area contributed by atoms with Crippen LogP contribution in [0.25, 0.3) is 17.2 Å². The third-order valence-corrected chi connectivity index (χ3v) is 7.38. The molecule has 186 valence electrons. The number of benzene rings is 2. The van der Waals surface area contributed by atoms with Crippen LogP contribution in [0.4, 0.5) is 0 Å². The number of hydrogen-bond acceptors (Lipinski definition) is 4. The Bertz CT molecular complexity index is 1120. The van der Waals surface area contributed by atoms with Crippen LogP contribution in [0.3, 0.4) is 0 Å². The van der Waals surface area contributed by atoms with Crippen molar-refractivity contribution in [1.29, 1.82) is 0 Å². The minimum absolute atomic E-state index is 0.0377. The zero-order chi connectivity index (χ0) is 24.6. The van der Waals surface area contributed by atoms with Crippen molar-refractivity contribution in [2.24, 2.45) is 0 Å². The molecular formula is C31H36N4O. The molecule has 5 rings (SSSR count). The van der Waals surface area contributed by atoms with Gasteiger partial charge in [0.1, 0.15) is 0 Å². The van der Waals surface area contributed by atoms with Gasteiger partial charge in [0.2, 0.25) is 5.91 Å². The van der Waals surface area contributed by atoms with Crippen LogP contribution in [0.2, 0.25) is 0 Å². The molecule has 0 unspecified atom stereocenters. The van der Waals surface area contributed by atoms with Crippen LogP contribution in [-0.2, 0) is 4.79 Å². The lowest BCUT2D eigenvalue weighted by atomic mass is 10.0. The first-order chi connectivity index (χ1) is 17.8. The maximum atomic E-state index is 11.9. The van der Waals surface area contributed by atoms with E-state index in [1.54, 1.807) is 24.5 Å². The predicted molar refractivity (Wildman–Crippen MR) is 146 cm³/mol. The molecule has 0 radical (unpaired) electrons. The van der Waals surface area contributed by atoms with E-state index in [1.165, 1.54) is 41.6 Å². The largest absolute Gasteiger partial charge is 0.353 e. The second-order valence-electron chi connectivity index (χ2n) is 9.78. The molecule has 1 saturated heterocycles. The summed E-state index contributed by atoms with van der Waals surface area (Å²) in [6.45, 7) is 6.42. The summed E-state index contributed by atoms with van der Waals surface area (Å²) in [7, 11) is 0. The van der Waals surface area contributed by atoms with E-state index in [9.17, 15) is 4.79 Å². The lowest BCUT2D eigenvalue weighted by molar-refractivity contribution is -0.116. The van der Waals surface area contributed by atoms with E-state index in [1.807, 2.05) is 12.1 Å². The highest BCUT2D eigenvalue weighted by molar-refractivity contribution is 5.91. The zero-order valence-electron chi connectivity index (χ0n) is 21.0. The summed E-state index contributed by atoms with van der Waals surface area (Å²) >= 11 is 0. The Hall–Kier alpha value is -3.28. The number of rotatable bonds is 10. The van der Waals surface area contributed by atoms with Gasteiger partial charge in [-0.3, -0.25) is 14.7 Å². The van der Waals surface area contributed by atoms with Crippen molar-refractivity contribution in [3.8, 4) is 11.1 Å². The number of amides is 1. The highest BCUT2D eigenvalue weighted by Gasteiger charge is 2.33. The Labute approximate surface area is 214 Å². The van der Waals surface area contributed by atoms with E-state index in [0.717, 1.165) is 51.1 Å². The van der Waals surface area contributed by atoms with E-state index >= 15 is 0 Å². The van der Waals surface area contributed by atoms with Gasteiger partial charge in [-0.25, -0.2) is 0 Å². The molecule has 2 aromatic carbocycles. The van der Waals surface area contributed by atoms with Gasteiger partial charge in [-0.1, -0.05) is 67.4 Å². The molecule has 1 aromatic heterocycles. The minimum Gasteiger partial charge on any atom is -0.353 e. The Kier molecular flexibility index (Phi) is 8.21. The highest BCUT2D eigenvalue weighted by Crippen LogP contribution is 2.46. The summed E-state index contributed by atoms with van der Waals surface area (Å²) < 4.78 is 0. The van der Waals surface area contributed by atoms with Crippen molar-refractivity contribution in [2.75, 3.05) is 39.3 Å². The highest BCUT2D eigenvalue weighted by atomic mass is 16.1. The first kappa shape index (κ1) is 24.4. The first-order valence-corrected chi connectivity index (χ1v) is 13.3. The van der Waals surface area contributed by atoms with Crippen LogP contribution in [0.1, 0.15) is 48.4 Å². The molecule has 5 nitrogen and oxygen atoms in total. The van der Waals surface area contributed by atoms with Crippen molar-refractivity contribution in [3.05, 3.63) is 95.8 Å². The van der Waals surface area contributed by atoms with Crippen molar-refractivity contribution >= 4 is 12.0 Å². The summed E-state index contributed by atoms with van der Waals surface area (Å²) in [6.07, 6.45) is 11.5. The van der Waals surface area contributed by atoms with Gasteiger partial charge < -0.3 is 10.2 Å². The number of piperazine rings is 1. The van der Waals surface area contributed by atoms with Crippen LogP contribution in [0, 0.1) is 0 Å². The van der Waals surface area contributed by atoms with Gasteiger partial charge in [0, 0.05) is 51.2 Å². The number of hydrogen-bond donors (Lipinski definition) is 1. The summed E-state index contributed by atoms with van der Waals surface area (Å²) in [4.78, 5) is 21.3. The number of unbranched alkanes of at least 4 members (excludes halogenated alkanes) is 3. The van der Waals surface area contributed by atoms with E-state index in [4.69, 9.17) is 0 Å². The number of nitrogens with one attached hydrogen (secondary N) is 1. The summed E-state index contributed by atoms with van der Waals surface area (Å²) in [5.74, 6) is -0.0377. The molecule has 1 aliphatic carbocycles. The fraction of sp³-hybridized carbons (Fsp3) is 0.355. The van der Waals surface area contributed by atoms with Crippen LogP contribution in [0.5, 0.6) is 0 Å². The average Bonchev–Trinajstić information content (AvgIpc) is 3.27. The maximum absolute atomic E-state index is 11.9. The minimum atomic E-state index is -0.0377. The molecule has 36 heavy (non-hydrogen) atoms. The van der Waals surface area contributed by atoms with Gasteiger partial charge >= 0.3 is 0 Å². The van der Waals surface area contributed by atoms with E-state index in [-0.39, 0.29) is 5.91 Å². The SMILES string of the molecule is O=C(/C=C\c1cccnc1)NCCCCCCN1CCN(C2c3ccccc3-c3ccccc32)CC1. The molecular weight excluding hydrogens is 444 g/mol. The predicted octanol–water partition coefficient (Wildman–Crippen LogP) is 5.16. The molecule has 3 aromatic rings. The fourth-order valence-electron chi connectivity index (χ4n) is 5.50. The molecule has 0 atom stereocenters. The van der Waals surface area contributed by atoms with Gasteiger partial charge in [-0.05, 0) is 59.3 Å². The smallest absolute Gasteiger partial charge is 0.243 e. The molecule has 0 spiro atoms. The maximum Gasteiger partial charge on any atom is 0.243 e. The molecule has 0 bridgehead atoms. The molecule has 5 heteroatoms. The van der Waals surface area contributed by atoms with E-state index in [2.05, 4.69) is 68.6 Å². The van der Waals surface area contributed by atoms with Crippen molar-refractivity contribution in [3.63, 3.8) is 0 Å². The third kappa shape index (κ3) is 5.92. The topological polar surface area (TPSA) is 48.5 Å². The monoisotopic (exact) mass is 480 g/mol. The number of carbonyl (C=O) groups is 1. The molecule has 0 saturated carbocycles. The van der Waals surface area contributed by atoms with E-state index in [0.29, 0.717) is 6.04 Å². The number of aromatic nitrogens is 1. The molecule has 1 amide bonds. The number of carbonyl (C=O) groups excluding carboxylic acids is 1. The molecule has 2 heterocycles. The van der Waals surface area contributed by atoms with Gasteiger partial charge in [0.25, 0.3) is 0 Å². The molecule has 1 aliphatic heterocycles. The lowest BCUT2D eigenvalue weighted by Gasteiger charge is -2.38. The van der Waals surface area contributed by atoms with Crippen molar-refractivity contribution < 1.29 is 4.79 Å². The zero-order valence-corrected chi connectivity index (χ0v) is 21.0. The third-order valence-electron chi connectivity index (χ3n) is 7.38. The van der Waals surface area contributed by atoms with Crippen molar-refractivity contribution in [1.82, 2.24) is 20.1 Å². The summed E-state index contributed by atoms with van der Waals surface area (Å²) in [5.41, 5.74) is 6.67. The van der Waals surface area contributed by atoms with E-state index < -0.39 is 0 Å². The Morgan fingerprint density at radius 2 is 1.56 bits per heavy atom. The van der Waals surface area contributed by atoms with Gasteiger partial charge in [-0.15, -0.1) is 0 Å². The number of pyridine rings is 1. The fourth-order valence-corrected chi connectivity index (χ4v) is 5.50. The lowest BCUT2D eigenvalue weighted by Crippen LogP contribution is -2.47. The van der Waals surface area contributed by atoms with Crippen LogP contribution < -0.4 is 5.32 Å².